The lowest BCUT2D eigenvalue weighted by Crippen LogP contribution is -1.98. The van der Waals surface area contributed by atoms with Crippen LogP contribution >= 0.6 is 0 Å². The lowest BCUT2D eigenvalue weighted by Gasteiger charge is -2.16. The highest BCUT2D eigenvalue weighted by Gasteiger charge is 2.19. The van der Waals surface area contributed by atoms with Crippen LogP contribution in [0.5, 0.6) is 0 Å². The van der Waals surface area contributed by atoms with Crippen LogP contribution in [0, 0.1) is 0 Å². The first-order valence-corrected chi connectivity index (χ1v) is 19.3. The second kappa shape index (κ2) is 13.6. The predicted molar refractivity (Wildman–Crippen MR) is 236 cm³/mol. The zero-order valence-corrected chi connectivity index (χ0v) is 30.9. The molecule has 4 nitrogen and oxygen atoms in total. The molecule has 0 amide bonds. The maximum Gasteiger partial charge on any atom is 0.160 e. The van der Waals surface area contributed by atoms with Crippen LogP contribution in [0.1, 0.15) is 0 Å². The van der Waals surface area contributed by atoms with E-state index in [-0.39, 0.29) is 0 Å². The highest BCUT2D eigenvalue weighted by molar-refractivity contribution is 6.19. The van der Waals surface area contributed by atoms with E-state index in [0.29, 0.717) is 5.82 Å². The first kappa shape index (κ1) is 32.7. The van der Waals surface area contributed by atoms with E-state index in [9.17, 15) is 0 Å². The van der Waals surface area contributed by atoms with Crippen LogP contribution in [-0.2, 0) is 0 Å². The maximum absolute atomic E-state index is 5.52. The quantitative estimate of drug-likeness (QED) is 0.160. The monoisotopic (exact) mass is 726 g/mol. The molecule has 57 heavy (non-hydrogen) atoms. The zero-order valence-electron chi connectivity index (χ0n) is 30.9. The summed E-state index contributed by atoms with van der Waals surface area (Å²) < 4.78 is 2.34. The van der Waals surface area contributed by atoms with E-state index < -0.39 is 0 Å². The topological polar surface area (TPSA) is 43.6 Å². The summed E-state index contributed by atoms with van der Waals surface area (Å²) in [6, 6.07) is 72.5. The van der Waals surface area contributed by atoms with Gasteiger partial charge in [-0.2, -0.15) is 0 Å². The molecule has 0 N–H and O–H groups in total. The normalized spacial score (nSPS) is 11.5. The molecule has 0 saturated carbocycles. The van der Waals surface area contributed by atoms with E-state index in [2.05, 4.69) is 193 Å². The third-order valence-corrected chi connectivity index (χ3v) is 11.0. The standard InChI is InChI=1S/C53H34N4/c1-4-16-35(17-5-1)40-24-14-26-44-50(40)45-27-15-25-43(52(45)56-51(44)37-18-6-2-7-19-37)47-34-46(54-53(55-47)38-20-8-3-9-21-38)36-30-32-39(33-31-36)57-48-28-12-10-22-41(48)42-23-11-13-29-49(42)57/h1-34H. The molecular weight excluding hydrogens is 693 g/mol. The van der Waals surface area contributed by atoms with Gasteiger partial charge < -0.3 is 4.57 Å². The average molecular weight is 727 g/mol. The van der Waals surface area contributed by atoms with Gasteiger partial charge in [0.25, 0.3) is 0 Å². The summed E-state index contributed by atoms with van der Waals surface area (Å²) in [6.07, 6.45) is 0. The smallest absolute Gasteiger partial charge is 0.160 e. The fourth-order valence-electron chi connectivity index (χ4n) is 8.39. The summed E-state index contributed by atoms with van der Waals surface area (Å²) >= 11 is 0. The van der Waals surface area contributed by atoms with Crippen LogP contribution < -0.4 is 0 Å². The lowest BCUT2D eigenvalue weighted by molar-refractivity contribution is 1.17. The number of para-hydroxylation sites is 3. The molecule has 11 rings (SSSR count). The molecule has 4 heteroatoms. The third-order valence-electron chi connectivity index (χ3n) is 11.0. The van der Waals surface area contributed by atoms with Crippen molar-refractivity contribution >= 4 is 43.5 Å². The Balaban J connectivity index is 1.13. The average Bonchev–Trinajstić information content (AvgIpc) is 3.63. The second-order valence-electron chi connectivity index (χ2n) is 14.4. The van der Waals surface area contributed by atoms with Crippen molar-refractivity contribution in [1.82, 2.24) is 19.5 Å². The van der Waals surface area contributed by atoms with Crippen LogP contribution in [0.4, 0.5) is 0 Å². The molecule has 0 unspecified atom stereocenters. The van der Waals surface area contributed by atoms with Crippen molar-refractivity contribution in [2.75, 3.05) is 0 Å². The minimum absolute atomic E-state index is 0.667. The fourth-order valence-corrected chi connectivity index (χ4v) is 8.39. The SMILES string of the molecule is c1ccc(-c2nc(-c3ccc(-n4c5ccccc5c5ccccc54)cc3)cc(-c3cccc4c3nc(-c3ccccc3)c3cccc(-c5ccccc5)c34)n2)cc1. The van der Waals surface area contributed by atoms with E-state index in [0.717, 1.165) is 61.3 Å². The van der Waals surface area contributed by atoms with Crippen molar-refractivity contribution < 1.29 is 0 Å². The molecule has 0 aliphatic carbocycles. The van der Waals surface area contributed by atoms with Gasteiger partial charge in [-0.3, -0.25) is 0 Å². The zero-order chi connectivity index (χ0) is 37.7. The van der Waals surface area contributed by atoms with Crippen LogP contribution in [0.2, 0.25) is 0 Å². The number of pyridine rings is 1. The number of rotatable bonds is 6. The molecule has 3 aromatic heterocycles. The summed E-state index contributed by atoms with van der Waals surface area (Å²) in [5.41, 5.74) is 13.3. The molecule has 0 saturated heterocycles. The van der Waals surface area contributed by atoms with Crippen molar-refractivity contribution in [3.63, 3.8) is 0 Å². The van der Waals surface area contributed by atoms with E-state index in [1.807, 2.05) is 18.2 Å². The van der Waals surface area contributed by atoms with Crippen LogP contribution in [-0.4, -0.2) is 19.5 Å². The number of aromatic nitrogens is 4. The van der Waals surface area contributed by atoms with Crippen LogP contribution in [0.3, 0.4) is 0 Å². The van der Waals surface area contributed by atoms with Gasteiger partial charge in [-0.1, -0.05) is 176 Å². The van der Waals surface area contributed by atoms with Crippen molar-refractivity contribution in [2.45, 2.75) is 0 Å². The van der Waals surface area contributed by atoms with Gasteiger partial charge in [-0.05, 0) is 41.5 Å². The molecule has 0 spiro atoms. The summed E-state index contributed by atoms with van der Waals surface area (Å²) in [6.45, 7) is 0. The fraction of sp³-hybridized carbons (Fsp3) is 0. The molecule has 0 radical (unpaired) electrons. The molecule has 0 fully saturated rings. The molecular formula is C53H34N4. The van der Waals surface area contributed by atoms with Crippen molar-refractivity contribution in [2.24, 2.45) is 0 Å². The molecule has 8 aromatic carbocycles. The Bertz CT molecular complexity index is 3210. The van der Waals surface area contributed by atoms with Gasteiger partial charge in [0.05, 0.1) is 33.6 Å². The summed E-state index contributed by atoms with van der Waals surface area (Å²) in [4.78, 5) is 16.0. The minimum atomic E-state index is 0.667. The lowest BCUT2D eigenvalue weighted by atomic mass is 9.91. The Kier molecular flexibility index (Phi) is 7.78. The second-order valence-corrected chi connectivity index (χ2v) is 14.4. The van der Waals surface area contributed by atoms with Crippen LogP contribution in [0.25, 0.3) is 105 Å². The van der Waals surface area contributed by atoms with E-state index >= 15 is 0 Å². The van der Waals surface area contributed by atoms with Crippen LogP contribution in [0.15, 0.2) is 206 Å². The first-order chi connectivity index (χ1) is 28.3. The molecule has 0 aliphatic rings. The largest absolute Gasteiger partial charge is 0.309 e. The highest BCUT2D eigenvalue weighted by atomic mass is 15.0. The van der Waals surface area contributed by atoms with Crippen molar-refractivity contribution in [3.8, 4) is 62.0 Å². The third kappa shape index (κ3) is 5.58. The first-order valence-electron chi connectivity index (χ1n) is 19.3. The van der Waals surface area contributed by atoms with Crippen molar-refractivity contribution in [3.05, 3.63) is 206 Å². The van der Waals surface area contributed by atoms with E-state index in [4.69, 9.17) is 15.0 Å². The Morgan fingerprint density at radius 1 is 0.333 bits per heavy atom. The molecule has 11 aromatic rings. The summed E-state index contributed by atoms with van der Waals surface area (Å²) in [5.74, 6) is 0.667. The Hall–Kier alpha value is -7.69. The molecule has 266 valence electrons. The van der Waals surface area contributed by atoms with Gasteiger partial charge in [0, 0.05) is 54.9 Å². The molecule has 0 bridgehead atoms. The minimum Gasteiger partial charge on any atom is -0.309 e. The van der Waals surface area contributed by atoms with E-state index in [1.165, 1.54) is 38.3 Å². The predicted octanol–water partition coefficient (Wildman–Crippen LogP) is 13.6. The maximum atomic E-state index is 5.52. The Morgan fingerprint density at radius 2 is 0.860 bits per heavy atom. The number of hydrogen-bond donors (Lipinski definition) is 0. The van der Waals surface area contributed by atoms with Gasteiger partial charge in [0.1, 0.15) is 0 Å². The molecule has 3 heterocycles. The number of nitrogens with zero attached hydrogens (tertiary/aromatic N) is 4. The van der Waals surface area contributed by atoms with E-state index in [1.54, 1.807) is 0 Å². The highest BCUT2D eigenvalue weighted by Crippen LogP contribution is 2.42. The Labute approximate surface area is 330 Å². The van der Waals surface area contributed by atoms with Gasteiger partial charge in [0.15, 0.2) is 5.82 Å². The number of benzene rings is 8. The number of fused-ring (bicyclic) bond motifs is 6. The van der Waals surface area contributed by atoms with Gasteiger partial charge in [0.2, 0.25) is 0 Å². The number of hydrogen-bond acceptors (Lipinski definition) is 3. The summed E-state index contributed by atoms with van der Waals surface area (Å²) in [7, 11) is 0. The molecule has 0 atom stereocenters. The van der Waals surface area contributed by atoms with Gasteiger partial charge in [-0.25, -0.2) is 15.0 Å². The summed E-state index contributed by atoms with van der Waals surface area (Å²) in [5, 5.41) is 5.86. The van der Waals surface area contributed by atoms with Crippen molar-refractivity contribution in [1.29, 1.82) is 0 Å². The Morgan fingerprint density at radius 3 is 1.53 bits per heavy atom. The molecule has 0 aliphatic heterocycles. The van der Waals surface area contributed by atoms with Gasteiger partial charge >= 0.3 is 0 Å². The van der Waals surface area contributed by atoms with Gasteiger partial charge in [-0.15, -0.1) is 0 Å².